The summed E-state index contributed by atoms with van der Waals surface area (Å²) < 4.78 is 52.8. The van der Waals surface area contributed by atoms with Crippen LogP contribution in [0.2, 0.25) is 0 Å². The molecule has 0 heterocycles. The molecule has 0 aromatic heterocycles. The summed E-state index contributed by atoms with van der Waals surface area (Å²) in [5.74, 6) is -1.79. The van der Waals surface area contributed by atoms with Gasteiger partial charge in [-0.3, -0.25) is 0 Å². The highest BCUT2D eigenvalue weighted by Gasteiger charge is 2.43. The zero-order chi connectivity index (χ0) is 15.5. The molecular weight excluding hydrogens is 282 g/mol. The highest BCUT2D eigenvalue weighted by Crippen LogP contribution is 2.44. The number of halogens is 4. The summed E-state index contributed by atoms with van der Waals surface area (Å²) in [5, 5.41) is 3.17. The van der Waals surface area contributed by atoms with Crippen LogP contribution in [0.15, 0.2) is 24.3 Å². The summed E-state index contributed by atoms with van der Waals surface area (Å²) in [6, 6.07) is 6.01. The Labute approximate surface area is 122 Å². The summed E-state index contributed by atoms with van der Waals surface area (Å²) in [6.07, 6.45) is -2.62. The monoisotopic (exact) mass is 303 g/mol. The summed E-state index contributed by atoms with van der Waals surface area (Å²) in [4.78, 5) is 0. The summed E-state index contributed by atoms with van der Waals surface area (Å²) in [6.45, 7) is 2.49. The molecule has 1 aliphatic rings. The largest absolute Gasteiger partial charge is 0.391 e. The molecule has 1 saturated carbocycles. The van der Waals surface area contributed by atoms with E-state index in [4.69, 9.17) is 0 Å². The topological polar surface area (TPSA) is 12.0 Å². The van der Waals surface area contributed by atoms with Crippen molar-refractivity contribution in [2.45, 2.75) is 44.8 Å². The van der Waals surface area contributed by atoms with E-state index in [-0.39, 0.29) is 30.6 Å². The second-order valence-corrected chi connectivity index (χ2v) is 5.72. The Morgan fingerprint density at radius 1 is 1.24 bits per heavy atom. The molecule has 118 valence electrons. The summed E-state index contributed by atoms with van der Waals surface area (Å²) in [7, 11) is 0. The minimum Gasteiger partial charge on any atom is -0.310 e. The lowest BCUT2D eigenvalue weighted by molar-refractivity contribution is -0.186. The van der Waals surface area contributed by atoms with Crippen LogP contribution in [0.25, 0.3) is 0 Å². The van der Waals surface area contributed by atoms with Crippen LogP contribution < -0.4 is 5.32 Å². The van der Waals surface area contributed by atoms with Gasteiger partial charge in [0.25, 0.3) is 0 Å². The maximum atomic E-state index is 14.0. The van der Waals surface area contributed by atoms with Gasteiger partial charge in [0.1, 0.15) is 5.82 Å². The van der Waals surface area contributed by atoms with E-state index in [0.717, 1.165) is 0 Å². The van der Waals surface area contributed by atoms with Gasteiger partial charge in [0.05, 0.1) is 5.92 Å². The van der Waals surface area contributed by atoms with Crippen molar-refractivity contribution >= 4 is 0 Å². The van der Waals surface area contributed by atoms with Crippen LogP contribution in [-0.2, 0) is 0 Å². The molecule has 21 heavy (non-hydrogen) atoms. The molecular formula is C16H21F4N. The normalized spacial score (nSPS) is 24.8. The fourth-order valence-corrected chi connectivity index (χ4v) is 3.31. The molecule has 1 nitrogen and oxygen atoms in total. The first-order chi connectivity index (χ1) is 9.93. The van der Waals surface area contributed by atoms with Crippen LogP contribution in [0.1, 0.15) is 44.2 Å². The molecule has 1 aliphatic carbocycles. The van der Waals surface area contributed by atoms with Crippen molar-refractivity contribution in [3.05, 3.63) is 35.6 Å². The number of hydrogen-bond acceptors (Lipinski definition) is 1. The summed E-state index contributed by atoms with van der Waals surface area (Å²) in [5.41, 5.74) is 0.479. The van der Waals surface area contributed by atoms with Crippen LogP contribution in [0, 0.1) is 17.7 Å². The summed E-state index contributed by atoms with van der Waals surface area (Å²) >= 11 is 0. The van der Waals surface area contributed by atoms with Gasteiger partial charge in [-0.05, 0) is 37.8 Å². The molecule has 3 atom stereocenters. The molecule has 0 bridgehead atoms. The van der Waals surface area contributed by atoms with Crippen LogP contribution in [0.4, 0.5) is 17.6 Å². The number of hydrogen-bond donors (Lipinski definition) is 1. The van der Waals surface area contributed by atoms with E-state index in [9.17, 15) is 17.6 Å². The van der Waals surface area contributed by atoms with Gasteiger partial charge < -0.3 is 5.32 Å². The van der Waals surface area contributed by atoms with Gasteiger partial charge >= 0.3 is 6.18 Å². The van der Waals surface area contributed by atoms with Gasteiger partial charge in [-0.1, -0.05) is 31.5 Å². The molecule has 0 aliphatic heterocycles. The fourth-order valence-electron chi connectivity index (χ4n) is 3.31. The van der Waals surface area contributed by atoms with Crippen LogP contribution in [-0.4, -0.2) is 12.7 Å². The van der Waals surface area contributed by atoms with E-state index in [1.54, 1.807) is 18.2 Å². The molecule has 3 unspecified atom stereocenters. The lowest BCUT2D eigenvalue weighted by Crippen LogP contribution is -2.36. The minimum absolute atomic E-state index is 0.0789. The predicted octanol–water partition coefficient (Wildman–Crippen LogP) is 4.85. The highest BCUT2D eigenvalue weighted by molar-refractivity contribution is 5.22. The average Bonchev–Trinajstić information content (AvgIpc) is 2.45. The molecule has 0 spiro atoms. The van der Waals surface area contributed by atoms with Crippen molar-refractivity contribution < 1.29 is 17.6 Å². The number of nitrogens with one attached hydrogen (secondary N) is 1. The van der Waals surface area contributed by atoms with Crippen LogP contribution in [0.5, 0.6) is 0 Å². The van der Waals surface area contributed by atoms with E-state index < -0.39 is 12.1 Å². The lowest BCUT2D eigenvalue weighted by Gasteiger charge is -2.36. The molecule has 1 aromatic carbocycles. The Kier molecular flexibility index (Phi) is 5.25. The first-order valence-corrected chi connectivity index (χ1v) is 7.48. The average molecular weight is 303 g/mol. The SMILES string of the molecule is CCNC(c1ccccc1F)C1CCCC(C(F)(F)F)C1. The molecule has 0 radical (unpaired) electrons. The number of benzene rings is 1. The Hall–Kier alpha value is -1.10. The Morgan fingerprint density at radius 2 is 1.95 bits per heavy atom. The third kappa shape index (κ3) is 3.96. The van der Waals surface area contributed by atoms with Crippen molar-refractivity contribution in [1.29, 1.82) is 0 Å². The zero-order valence-electron chi connectivity index (χ0n) is 12.1. The molecule has 1 fully saturated rings. The van der Waals surface area contributed by atoms with Gasteiger partial charge in [0, 0.05) is 11.6 Å². The number of alkyl halides is 3. The molecule has 0 saturated heterocycles. The second kappa shape index (κ2) is 6.77. The third-order valence-electron chi connectivity index (χ3n) is 4.31. The number of rotatable bonds is 4. The van der Waals surface area contributed by atoms with Crippen molar-refractivity contribution in [3.8, 4) is 0 Å². The maximum absolute atomic E-state index is 14.0. The van der Waals surface area contributed by atoms with Gasteiger partial charge in [-0.25, -0.2) is 4.39 Å². The van der Waals surface area contributed by atoms with Gasteiger partial charge in [0.15, 0.2) is 0 Å². The highest BCUT2D eigenvalue weighted by atomic mass is 19.4. The van der Waals surface area contributed by atoms with E-state index >= 15 is 0 Å². The van der Waals surface area contributed by atoms with Crippen molar-refractivity contribution in [2.24, 2.45) is 11.8 Å². The molecule has 2 rings (SSSR count). The fraction of sp³-hybridized carbons (Fsp3) is 0.625. The quantitative estimate of drug-likeness (QED) is 0.784. The molecule has 5 heteroatoms. The van der Waals surface area contributed by atoms with Crippen LogP contribution >= 0.6 is 0 Å². The standard InChI is InChI=1S/C16H21F4N/c1-2-21-15(13-8-3-4-9-14(13)17)11-6-5-7-12(10-11)16(18,19)20/h3-4,8-9,11-12,15,21H,2,5-7,10H2,1H3. The lowest BCUT2D eigenvalue weighted by atomic mass is 9.75. The third-order valence-corrected chi connectivity index (χ3v) is 4.31. The molecule has 0 amide bonds. The first kappa shape index (κ1) is 16.3. The van der Waals surface area contributed by atoms with Gasteiger partial charge in [-0.2, -0.15) is 13.2 Å². The maximum Gasteiger partial charge on any atom is 0.391 e. The van der Waals surface area contributed by atoms with E-state index in [2.05, 4.69) is 5.32 Å². The second-order valence-electron chi connectivity index (χ2n) is 5.72. The van der Waals surface area contributed by atoms with Gasteiger partial charge in [-0.15, -0.1) is 0 Å². The predicted molar refractivity (Wildman–Crippen MR) is 74.3 cm³/mol. The molecule has 1 aromatic rings. The Balaban J connectivity index is 2.20. The smallest absolute Gasteiger partial charge is 0.310 e. The van der Waals surface area contributed by atoms with Crippen molar-refractivity contribution in [1.82, 2.24) is 5.32 Å². The van der Waals surface area contributed by atoms with E-state index in [0.29, 0.717) is 24.9 Å². The minimum atomic E-state index is -4.15. The Morgan fingerprint density at radius 3 is 2.57 bits per heavy atom. The van der Waals surface area contributed by atoms with E-state index in [1.165, 1.54) is 6.07 Å². The van der Waals surface area contributed by atoms with Crippen molar-refractivity contribution in [2.75, 3.05) is 6.54 Å². The Bertz CT molecular complexity index is 458. The van der Waals surface area contributed by atoms with E-state index in [1.807, 2.05) is 6.92 Å². The van der Waals surface area contributed by atoms with Gasteiger partial charge in [0.2, 0.25) is 0 Å². The first-order valence-electron chi connectivity index (χ1n) is 7.48. The zero-order valence-corrected chi connectivity index (χ0v) is 12.1. The molecule has 1 N–H and O–H groups in total. The van der Waals surface area contributed by atoms with Crippen LogP contribution in [0.3, 0.4) is 0 Å². The van der Waals surface area contributed by atoms with Crippen molar-refractivity contribution in [3.63, 3.8) is 0 Å².